The second-order valence-corrected chi connectivity index (χ2v) is 6.40. The van der Waals surface area contributed by atoms with Crippen molar-refractivity contribution < 1.29 is 22.8 Å². The number of carbonyl (C=O) groups is 2. The molecule has 0 spiro atoms. The van der Waals surface area contributed by atoms with Crippen molar-refractivity contribution in [1.29, 1.82) is 0 Å². The predicted octanol–water partition coefficient (Wildman–Crippen LogP) is 4.33. The highest BCUT2D eigenvalue weighted by Crippen LogP contribution is 2.33. The Hall–Kier alpha value is -2.63. The lowest BCUT2D eigenvalue weighted by molar-refractivity contribution is -0.184. The molecule has 3 rings (SSSR count). The molecule has 1 fully saturated rings. The lowest BCUT2D eigenvalue weighted by atomic mass is 9.96. The van der Waals surface area contributed by atoms with Crippen LogP contribution in [-0.2, 0) is 0 Å². The molecule has 1 saturated heterocycles. The lowest BCUT2D eigenvalue weighted by Crippen LogP contribution is -2.44. The fourth-order valence-electron chi connectivity index (χ4n) is 3.13. The summed E-state index contributed by atoms with van der Waals surface area (Å²) in [5, 5.41) is 0. The highest BCUT2D eigenvalue weighted by molar-refractivity contribution is 6.09. The number of hydrogen-bond donors (Lipinski definition) is 0. The third-order valence-electron chi connectivity index (χ3n) is 4.60. The number of likely N-dealkylation sites (tertiary alicyclic amines) is 1. The van der Waals surface area contributed by atoms with Gasteiger partial charge < -0.3 is 4.90 Å². The first-order chi connectivity index (χ1) is 12.4. The summed E-state index contributed by atoms with van der Waals surface area (Å²) < 4.78 is 38.7. The molecule has 136 valence electrons. The number of ketones is 1. The summed E-state index contributed by atoms with van der Waals surface area (Å²) in [6, 6.07) is 14.8. The van der Waals surface area contributed by atoms with Crippen molar-refractivity contribution in [2.24, 2.45) is 5.92 Å². The Balaban J connectivity index is 1.72. The predicted molar refractivity (Wildman–Crippen MR) is 91.0 cm³/mol. The normalized spacial score (nSPS) is 17.8. The maximum absolute atomic E-state index is 12.9. The van der Waals surface area contributed by atoms with E-state index >= 15 is 0 Å². The molecule has 6 heteroatoms. The van der Waals surface area contributed by atoms with Crippen LogP contribution in [0.15, 0.2) is 54.6 Å². The molecule has 0 radical (unpaired) electrons. The summed E-state index contributed by atoms with van der Waals surface area (Å²) in [5.41, 5.74) is 1.26. The fourth-order valence-corrected chi connectivity index (χ4v) is 3.13. The third kappa shape index (κ3) is 3.95. The smallest absolute Gasteiger partial charge is 0.338 e. The summed E-state index contributed by atoms with van der Waals surface area (Å²) in [4.78, 5) is 26.1. The van der Waals surface area contributed by atoms with Crippen LogP contribution in [0.5, 0.6) is 0 Å². The molecule has 2 aromatic rings. The second kappa shape index (κ2) is 7.32. The van der Waals surface area contributed by atoms with Crippen LogP contribution in [0.3, 0.4) is 0 Å². The molecular weight excluding hydrogens is 343 g/mol. The van der Waals surface area contributed by atoms with Gasteiger partial charge in [0.05, 0.1) is 5.92 Å². The van der Waals surface area contributed by atoms with E-state index in [2.05, 4.69) is 0 Å². The Bertz CT molecular complexity index is 785. The Morgan fingerprint density at radius 1 is 0.885 bits per heavy atom. The van der Waals surface area contributed by atoms with Crippen LogP contribution in [0, 0.1) is 5.92 Å². The monoisotopic (exact) mass is 361 g/mol. The van der Waals surface area contributed by atoms with Gasteiger partial charge in [-0.1, -0.05) is 42.5 Å². The maximum Gasteiger partial charge on any atom is 0.393 e. The van der Waals surface area contributed by atoms with E-state index in [1.807, 2.05) is 6.07 Å². The van der Waals surface area contributed by atoms with Crippen LogP contribution in [0.4, 0.5) is 13.2 Å². The Morgan fingerprint density at radius 2 is 1.46 bits per heavy atom. The van der Waals surface area contributed by atoms with Crippen molar-refractivity contribution in [1.82, 2.24) is 4.90 Å². The minimum Gasteiger partial charge on any atom is -0.338 e. The Morgan fingerprint density at radius 3 is 2.08 bits per heavy atom. The topological polar surface area (TPSA) is 37.4 Å². The first-order valence-corrected chi connectivity index (χ1v) is 8.42. The van der Waals surface area contributed by atoms with E-state index in [1.165, 1.54) is 29.2 Å². The van der Waals surface area contributed by atoms with E-state index < -0.39 is 18.0 Å². The van der Waals surface area contributed by atoms with E-state index in [0.29, 0.717) is 24.1 Å². The zero-order valence-corrected chi connectivity index (χ0v) is 14.0. The quantitative estimate of drug-likeness (QED) is 0.763. The minimum atomic E-state index is -4.29. The molecule has 3 nitrogen and oxygen atoms in total. The molecule has 0 saturated carbocycles. The minimum absolute atomic E-state index is 0.0534. The number of alkyl halides is 3. The molecule has 1 amide bonds. The standard InChI is InChI=1S/C20H18F3NO2/c21-20(22,23)17-7-4-12-24(13-17)19(26)16-10-8-15(9-11-16)18(25)14-5-2-1-3-6-14/h1-3,5-6,8-11,17H,4,7,12-13H2/t17-/m1/s1. The van der Waals surface area contributed by atoms with Crippen molar-refractivity contribution in [3.05, 3.63) is 71.3 Å². The number of hydrogen-bond acceptors (Lipinski definition) is 2. The largest absolute Gasteiger partial charge is 0.393 e. The molecule has 1 heterocycles. The molecule has 0 aromatic heterocycles. The third-order valence-corrected chi connectivity index (χ3v) is 4.60. The summed E-state index contributed by atoms with van der Waals surface area (Å²) in [6.45, 7) is 0.00312. The van der Waals surface area contributed by atoms with Gasteiger partial charge in [-0.2, -0.15) is 13.2 Å². The number of amides is 1. The summed E-state index contributed by atoms with van der Waals surface area (Å²) in [6.07, 6.45) is -3.90. The summed E-state index contributed by atoms with van der Waals surface area (Å²) in [5.74, 6) is -2.07. The van der Waals surface area contributed by atoms with Gasteiger partial charge in [-0.3, -0.25) is 9.59 Å². The van der Waals surface area contributed by atoms with Gasteiger partial charge in [0.1, 0.15) is 0 Å². The van der Waals surface area contributed by atoms with Crippen LogP contribution >= 0.6 is 0 Å². The Kier molecular flexibility index (Phi) is 5.11. The Labute approximate surface area is 149 Å². The van der Waals surface area contributed by atoms with E-state index in [-0.39, 0.29) is 24.3 Å². The zero-order chi connectivity index (χ0) is 18.7. The van der Waals surface area contributed by atoms with E-state index in [0.717, 1.165) is 0 Å². The van der Waals surface area contributed by atoms with Crippen molar-refractivity contribution in [3.63, 3.8) is 0 Å². The number of carbonyl (C=O) groups excluding carboxylic acids is 2. The number of halogens is 3. The van der Waals surface area contributed by atoms with Crippen molar-refractivity contribution in [2.45, 2.75) is 19.0 Å². The molecule has 1 aliphatic heterocycles. The molecule has 0 N–H and O–H groups in total. The van der Waals surface area contributed by atoms with Crippen molar-refractivity contribution in [3.8, 4) is 0 Å². The van der Waals surface area contributed by atoms with Gasteiger partial charge in [-0.05, 0) is 25.0 Å². The van der Waals surface area contributed by atoms with Crippen LogP contribution in [-0.4, -0.2) is 35.9 Å². The molecule has 26 heavy (non-hydrogen) atoms. The second-order valence-electron chi connectivity index (χ2n) is 6.40. The highest BCUT2D eigenvalue weighted by Gasteiger charge is 2.42. The van der Waals surface area contributed by atoms with Gasteiger partial charge in [-0.25, -0.2) is 0 Å². The van der Waals surface area contributed by atoms with E-state index in [9.17, 15) is 22.8 Å². The SMILES string of the molecule is O=C(c1ccccc1)c1ccc(C(=O)N2CCC[C@@H](C(F)(F)F)C2)cc1. The van der Waals surface area contributed by atoms with Crippen molar-refractivity contribution >= 4 is 11.7 Å². The average Bonchev–Trinajstić information content (AvgIpc) is 2.67. The molecule has 0 aliphatic carbocycles. The van der Waals surface area contributed by atoms with E-state index in [4.69, 9.17) is 0 Å². The fraction of sp³-hybridized carbons (Fsp3) is 0.300. The summed E-state index contributed by atoms with van der Waals surface area (Å²) >= 11 is 0. The van der Waals surface area contributed by atoms with Crippen LogP contribution in [0.2, 0.25) is 0 Å². The zero-order valence-electron chi connectivity index (χ0n) is 14.0. The molecule has 0 bridgehead atoms. The van der Waals surface area contributed by atoms with Gasteiger partial charge in [0.25, 0.3) is 5.91 Å². The van der Waals surface area contributed by atoms with Gasteiger partial charge in [0.2, 0.25) is 0 Å². The van der Waals surface area contributed by atoms with E-state index in [1.54, 1.807) is 24.3 Å². The number of benzene rings is 2. The van der Waals surface area contributed by atoms with Gasteiger partial charge in [0.15, 0.2) is 5.78 Å². The van der Waals surface area contributed by atoms with Gasteiger partial charge >= 0.3 is 6.18 Å². The van der Waals surface area contributed by atoms with Crippen molar-refractivity contribution in [2.75, 3.05) is 13.1 Å². The molecule has 2 aromatic carbocycles. The molecule has 0 unspecified atom stereocenters. The lowest BCUT2D eigenvalue weighted by Gasteiger charge is -2.33. The number of nitrogens with zero attached hydrogens (tertiary/aromatic N) is 1. The average molecular weight is 361 g/mol. The van der Waals surface area contributed by atoms with Gasteiger partial charge in [0, 0.05) is 29.8 Å². The molecule has 1 atom stereocenters. The first kappa shape index (κ1) is 18.2. The number of piperidine rings is 1. The van der Waals surface area contributed by atoms with Gasteiger partial charge in [-0.15, -0.1) is 0 Å². The molecular formula is C20H18F3NO2. The van der Waals surface area contributed by atoms with Crippen LogP contribution < -0.4 is 0 Å². The van der Waals surface area contributed by atoms with Crippen LogP contribution in [0.25, 0.3) is 0 Å². The molecule has 1 aliphatic rings. The highest BCUT2D eigenvalue weighted by atomic mass is 19.4. The number of rotatable bonds is 3. The van der Waals surface area contributed by atoms with Crippen LogP contribution in [0.1, 0.15) is 39.1 Å². The first-order valence-electron chi connectivity index (χ1n) is 8.42. The summed E-state index contributed by atoms with van der Waals surface area (Å²) in [7, 11) is 0. The maximum atomic E-state index is 12.9.